The number of hydrogen-bond donors (Lipinski definition) is 1. The monoisotopic (exact) mass is 321 g/mol. The van der Waals surface area contributed by atoms with Crippen LogP contribution in [0.3, 0.4) is 0 Å². The van der Waals surface area contributed by atoms with Crippen molar-refractivity contribution in [2.24, 2.45) is 0 Å². The molecule has 2 aromatic heterocycles. The fourth-order valence-corrected chi connectivity index (χ4v) is 3.43. The predicted molar refractivity (Wildman–Crippen MR) is 87.1 cm³/mol. The van der Waals surface area contributed by atoms with Crippen molar-refractivity contribution in [3.8, 4) is 0 Å². The molecular weight excluding hydrogens is 306 g/mol. The van der Waals surface area contributed by atoms with Crippen LogP contribution in [0.5, 0.6) is 0 Å². The molecule has 0 unspecified atom stereocenters. The zero-order valence-electron chi connectivity index (χ0n) is 11.9. The number of methoxy groups -OCH3 is 1. The molecule has 0 bridgehead atoms. The predicted octanol–water partition coefficient (Wildman–Crippen LogP) is 3.86. The lowest BCUT2D eigenvalue weighted by Crippen LogP contribution is -2.11. The van der Waals surface area contributed by atoms with E-state index in [9.17, 15) is 9.59 Å². The number of carbonyl (C=O) groups excluding carboxylic acids is 2. The van der Waals surface area contributed by atoms with Crippen molar-refractivity contribution in [3.63, 3.8) is 0 Å². The first-order chi connectivity index (χ1) is 10.0. The van der Waals surface area contributed by atoms with Crippen LogP contribution in [-0.4, -0.2) is 19.0 Å². The number of carbonyl (C=O) groups is 2. The number of nitrogens with one attached hydrogen (secondary N) is 1. The summed E-state index contributed by atoms with van der Waals surface area (Å²) in [6.45, 7) is 3.75. The minimum atomic E-state index is -0.436. The first-order valence-corrected chi connectivity index (χ1v) is 7.93. The molecule has 0 aliphatic heterocycles. The summed E-state index contributed by atoms with van der Waals surface area (Å²) in [7, 11) is 1.33. The van der Waals surface area contributed by atoms with E-state index >= 15 is 0 Å². The highest BCUT2D eigenvalue weighted by atomic mass is 32.1. The Morgan fingerprint density at radius 1 is 1.33 bits per heavy atom. The molecule has 0 spiro atoms. The molecule has 0 saturated heterocycles. The van der Waals surface area contributed by atoms with Crippen molar-refractivity contribution in [3.05, 3.63) is 44.5 Å². The van der Waals surface area contributed by atoms with Crippen molar-refractivity contribution >= 4 is 45.6 Å². The van der Waals surface area contributed by atoms with Crippen molar-refractivity contribution in [2.75, 3.05) is 12.4 Å². The van der Waals surface area contributed by atoms with Crippen molar-refractivity contribution < 1.29 is 14.3 Å². The van der Waals surface area contributed by atoms with Crippen LogP contribution in [0.2, 0.25) is 0 Å². The van der Waals surface area contributed by atoms with Crippen LogP contribution in [0.25, 0.3) is 6.08 Å². The van der Waals surface area contributed by atoms with Crippen LogP contribution in [0.4, 0.5) is 5.00 Å². The quantitative estimate of drug-likeness (QED) is 0.687. The van der Waals surface area contributed by atoms with Gasteiger partial charge in [0.15, 0.2) is 0 Å². The first kappa shape index (κ1) is 15.5. The number of esters is 1. The topological polar surface area (TPSA) is 55.4 Å². The molecule has 6 heteroatoms. The Bertz CT molecular complexity index is 684. The zero-order valence-corrected chi connectivity index (χ0v) is 13.6. The van der Waals surface area contributed by atoms with Crippen molar-refractivity contribution in [2.45, 2.75) is 13.8 Å². The van der Waals surface area contributed by atoms with Crippen LogP contribution in [0, 0.1) is 13.8 Å². The fourth-order valence-electron chi connectivity index (χ4n) is 1.76. The van der Waals surface area contributed by atoms with E-state index in [-0.39, 0.29) is 5.91 Å². The van der Waals surface area contributed by atoms with E-state index in [0.717, 1.165) is 15.3 Å². The number of thiophene rings is 2. The van der Waals surface area contributed by atoms with E-state index in [1.807, 2.05) is 31.4 Å². The summed E-state index contributed by atoms with van der Waals surface area (Å²) < 4.78 is 4.77. The summed E-state index contributed by atoms with van der Waals surface area (Å²) in [6, 6.07) is 3.84. The Morgan fingerprint density at radius 3 is 2.71 bits per heavy atom. The van der Waals surface area contributed by atoms with Gasteiger partial charge in [-0.25, -0.2) is 4.79 Å². The van der Waals surface area contributed by atoms with Crippen LogP contribution in [0.15, 0.2) is 23.6 Å². The van der Waals surface area contributed by atoms with E-state index in [2.05, 4.69) is 5.32 Å². The van der Waals surface area contributed by atoms with Gasteiger partial charge in [0.2, 0.25) is 5.91 Å². The number of hydrogen-bond acceptors (Lipinski definition) is 5. The third-order valence-corrected chi connectivity index (χ3v) is 4.91. The maximum atomic E-state index is 12.0. The number of anilines is 1. The molecule has 0 fully saturated rings. The van der Waals surface area contributed by atoms with Gasteiger partial charge in [0, 0.05) is 15.8 Å². The highest BCUT2D eigenvalue weighted by Gasteiger charge is 2.20. The van der Waals surface area contributed by atoms with Gasteiger partial charge >= 0.3 is 5.97 Å². The van der Waals surface area contributed by atoms with E-state index in [4.69, 9.17) is 4.74 Å². The molecule has 2 rings (SSSR count). The molecule has 0 aromatic carbocycles. The summed E-state index contributed by atoms with van der Waals surface area (Å²) >= 11 is 2.92. The van der Waals surface area contributed by atoms with Gasteiger partial charge in [-0.15, -0.1) is 22.7 Å². The molecule has 1 N–H and O–H groups in total. The van der Waals surface area contributed by atoms with Crippen LogP contribution < -0.4 is 5.32 Å². The maximum absolute atomic E-state index is 12.0. The van der Waals surface area contributed by atoms with Gasteiger partial charge in [0.1, 0.15) is 5.00 Å². The Kier molecular flexibility index (Phi) is 4.93. The van der Waals surface area contributed by atoms with Gasteiger partial charge in [-0.3, -0.25) is 4.79 Å². The Balaban J connectivity index is 2.17. The molecule has 1 amide bonds. The second kappa shape index (κ2) is 6.69. The van der Waals surface area contributed by atoms with E-state index in [0.29, 0.717) is 10.6 Å². The largest absolute Gasteiger partial charge is 0.465 e. The van der Waals surface area contributed by atoms with E-state index < -0.39 is 5.97 Å². The fraction of sp³-hybridized carbons (Fsp3) is 0.200. The average Bonchev–Trinajstić information content (AvgIpc) is 3.06. The number of rotatable bonds is 4. The molecule has 0 aliphatic rings. The molecule has 2 heterocycles. The molecule has 2 aromatic rings. The molecule has 0 aliphatic carbocycles. The van der Waals surface area contributed by atoms with Gasteiger partial charge in [0.25, 0.3) is 0 Å². The molecular formula is C15H15NO3S2. The summed E-state index contributed by atoms with van der Waals surface area (Å²) in [5.41, 5.74) is 1.27. The highest BCUT2D eigenvalue weighted by Crippen LogP contribution is 2.32. The standard InChI is InChI=1S/C15H15NO3S2/c1-9-10(2)21-14(13(9)15(18)19-3)16-12(17)7-6-11-5-4-8-20-11/h4-8H,1-3H3,(H,16,17). The first-order valence-electron chi connectivity index (χ1n) is 6.23. The maximum Gasteiger partial charge on any atom is 0.341 e. The van der Waals surface area contributed by atoms with Gasteiger partial charge in [0.05, 0.1) is 12.7 Å². The lowest BCUT2D eigenvalue weighted by Gasteiger charge is -2.03. The summed E-state index contributed by atoms with van der Waals surface area (Å²) in [5, 5.41) is 5.22. The molecule has 0 radical (unpaired) electrons. The summed E-state index contributed by atoms with van der Waals surface area (Å²) in [6.07, 6.45) is 3.20. The molecule has 0 atom stereocenters. The third kappa shape index (κ3) is 3.59. The summed E-state index contributed by atoms with van der Waals surface area (Å²) in [5.74, 6) is -0.704. The normalized spacial score (nSPS) is 10.8. The second-order valence-electron chi connectivity index (χ2n) is 4.32. The molecule has 110 valence electrons. The minimum absolute atomic E-state index is 0.269. The van der Waals surface area contributed by atoms with Gasteiger partial charge in [-0.2, -0.15) is 0 Å². The average molecular weight is 321 g/mol. The molecule has 0 saturated carbocycles. The Labute approximate surface area is 131 Å². The van der Waals surface area contributed by atoms with Gasteiger partial charge in [-0.05, 0) is 36.9 Å². The number of ether oxygens (including phenoxy) is 1. The number of amides is 1. The van der Waals surface area contributed by atoms with Crippen LogP contribution >= 0.6 is 22.7 Å². The SMILES string of the molecule is COC(=O)c1c(NC(=O)C=Cc2cccs2)sc(C)c1C. The molecule has 21 heavy (non-hydrogen) atoms. The van der Waals surface area contributed by atoms with Crippen LogP contribution in [-0.2, 0) is 9.53 Å². The Morgan fingerprint density at radius 2 is 2.10 bits per heavy atom. The highest BCUT2D eigenvalue weighted by molar-refractivity contribution is 7.16. The second-order valence-corrected chi connectivity index (χ2v) is 6.52. The van der Waals surface area contributed by atoms with Crippen LogP contribution in [0.1, 0.15) is 25.7 Å². The minimum Gasteiger partial charge on any atom is -0.465 e. The number of aryl methyl sites for hydroxylation is 1. The third-order valence-electron chi connectivity index (χ3n) is 2.95. The van der Waals surface area contributed by atoms with E-state index in [1.165, 1.54) is 24.5 Å². The van der Waals surface area contributed by atoms with Gasteiger partial charge in [-0.1, -0.05) is 6.07 Å². The van der Waals surface area contributed by atoms with Crippen molar-refractivity contribution in [1.29, 1.82) is 0 Å². The summed E-state index contributed by atoms with van der Waals surface area (Å²) in [4.78, 5) is 25.7. The zero-order chi connectivity index (χ0) is 15.4. The Hall–Kier alpha value is -1.92. The smallest absolute Gasteiger partial charge is 0.341 e. The van der Waals surface area contributed by atoms with Crippen molar-refractivity contribution in [1.82, 2.24) is 0 Å². The van der Waals surface area contributed by atoms with Gasteiger partial charge < -0.3 is 10.1 Å². The van der Waals surface area contributed by atoms with E-state index in [1.54, 1.807) is 17.4 Å². The lowest BCUT2D eigenvalue weighted by atomic mass is 10.1. The molecule has 4 nitrogen and oxygen atoms in total. The lowest BCUT2D eigenvalue weighted by molar-refractivity contribution is -0.111.